The number of thioether (sulfide) groups is 1. The van der Waals surface area contributed by atoms with Crippen molar-refractivity contribution in [2.45, 2.75) is 20.5 Å². The molecule has 0 aromatic heterocycles. The monoisotopic (exact) mass is 449 g/mol. The zero-order chi connectivity index (χ0) is 22.0. The molecule has 0 radical (unpaired) electrons. The molecule has 0 bridgehead atoms. The highest BCUT2D eigenvalue weighted by Crippen LogP contribution is 2.37. The summed E-state index contributed by atoms with van der Waals surface area (Å²) in [5, 5.41) is 0.404. The fraction of sp³-hybridized carbons (Fsp3) is 0.120. The molecule has 4 rings (SSSR count). The fourth-order valence-electron chi connectivity index (χ4n) is 3.29. The number of nitrogens with zero attached hydrogens (tertiary/aromatic N) is 1. The van der Waals surface area contributed by atoms with Crippen LogP contribution < -0.4 is 9.64 Å². The summed E-state index contributed by atoms with van der Waals surface area (Å²) in [4.78, 5) is 27.1. The van der Waals surface area contributed by atoms with Crippen LogP contribution in [0.3, 0.4) is 0 Å². The molecule has 6 heteroatoms. The molecule has 0 unspecified atom stereocenters. The molecular weight excluding hydrogens is 430 g/mol. The van der Waals surface area contributed by atoms with E-state index in [1.54, 1.807) is 6.08 Å². The molecule has 1 saturated heterocycles. The highest BCUT2D eigenvalue weighted by Gasteiger charge is 2.36. The van der Waals surface area contributed by atoms with Gasteiger partial charge in [-0.05, 0) is 78.7 Å². The van der Waals surface area contributed by atoms with Gasteiger partial charge in [-0.2, -0.15) is 0 Å². The number of halogens is 1. The van der Waals surface area contributed by atoms with Crippen molar-refractivity contribution in [3.8, 4) is 5.75 Å². The number of benzene rings is 3. The van der Waals surface area contributed by atoms with Crippen LogP contribution in [0.2, 0.25) is 5.02 Å². The van der Waals surface area contributed by atoms with E-state index >= 15 is 0 Å². The average molecular weight is 450 g/mol. The third-order valence-electron chi connectivity index (χ3n) is 4.88. The van der Waals surface area contributed by atoms with Gasteiger partial charge in [0.1, 0.15) is 12.4 Å². The molecule has 0 N–H and O–H groups in total. The summed E-state index contributed by atoms with van der Waals surface area (Å²) >= 11 is 6.85. The van der Waals surface area contributed by atoms with Crippen molar-refractivity contribution in [2.75, 3.05) is 4.90 Å². The van der Waals surface area contributed by atoms with Gasteiger partial charge in [-0.1, -0.05) is 53.6 Å². The van der Waals surface area contributed by atoms with Gasteiger partial charge in [-0.25, -0.2) is 4.90 Å². The Morgan fingerprint density at radius 2 is 1.68 bits per heavy atom. The van der Waals surface area contributed by atoms with E-state index in [2.05, 4.69) is 0 Å². The molecule has 31 heavy (non-hydrogen) atoms. The molecule has 4 nitrogen and oxygen atoms in total. The lowest BCUT2D eigenvalue weighted by molar-refractivity contribution is -0.113. The van der Waals surface area contributed by atoms with Gasteiger partial charge in [0.05, 0.1) is 10.6 Å². The standard InChI is InChI=1S/C25H20ClNO3S/c1-16-3-12-22(17(2)13-16)27-24(28)23(31-25(27)29)14-18-6-10-21(11-7-18)30-15-19-4-8-20(26)9-5-19/h3-14H,15H2,1-2H3/b23-14-. The largest absolute Gasteiger partial charge is 0.489 e. The number of hydrogen-bond donors (Lipinski definition) is 0. The number of amides is 2. The van der Waals surface area contributed by atoms with Crippen molar-refractivity contribution in [2.24, 2.45) is 0 Å². The molecule has 1 aliphatic heterocycles. The topological polar surface area (TPSA) is 46.6 Å². The maximum absolute atomic E-state index is 12.9. The Morgan fingerprint density at radius 3 is 2.35 bits per heavy atom. The van der Waals surface area contributed by atoms with Crippen molar-refractivity contribution >= 4 is 46.3 Å². The summed E-state index contributed by atoms with van der Waals surface area (Å²) in [6.07, 6.45) is 1.73. The van der Waals surface area contributed by atoms with Crippen LogP contribution in [0.25, 0.3) is 6.08 Å². The van der Waals surface area contributed by atoms with Gasteiger partial charge in [0, 0.05) is 5.02 Å². The predicted molar refractivity (Wildman–Crippen MR) is 127 cm³/mol. The highest BCUT2D eigenvalue weighted by atomic mass is 35.5. The molecule has 0 saturated carbocycles. The molecule has 0 spiro atoms. The van der Waals surface area contributed by atoms with E-state index in [4.69, 9.17) is 16.3 Å². The Bertz CT molecular complexity index is 1170. The van der Waals surface area contributed by atoms with Gasteiger partial charge >= 0.3 is 0 Å². The van der Waals surface area contributed by atoms with E-state index in [-0.39, 0.29) is 11.1 Å². The van der Waals surface area contributed by atoms with Crippen LogP contribution in [0, 0.1) is 13.8 Å². The summed E-state index contributed by atoms with van der Waals surface area (Å²) in [5.74, 6) is 0.417. The van der Waals surface area contributed by atoms with Crippen LogP contribution in [0.5, 0.6) is 5.75 Å². The maximum atomic E-state index is 12.9. The second kappa shape index (κ2) is 9.00. The molecular formula is C25H20ClNO3S. The minimum absolute atomic E-state index is 0.286. The van der Waals surface area contributed by atoms with Crippen LogP contribution in [-0.2, 0) is 11.4 Å². The number of imide groups is 1. The fourth-order valence-corrected chi connectivity index (χ4v) is 4.25. The van der Waals surface area contributed by atoms with E-state index in [0.29, 0.717) is 22.2 Å². The number of hydrogen-bond acceptors (Lipinski definition) is 4. The van der Waals surface area contributed by atoms with Gasteiger partial charge in [-0.15, -0.1) is 0 Å². The lowest BCUT2D eigenvalue weighted by atomic mass is 10.1. The van der Waals surface area contributed by atoms with Crippen LogP contribution >= 0.6 is 23.4 Å². The van der Waals surface area contributed by atoms with Crippen LogP contribution in [0.4, 0.5) is 10.5 Å². The number of aryl methyl sites for hydroxylation is 2. The zero-order valence-electron chi connectivity index (χ0n) is 17.1. The Balaban J connectivity index is 1.46. The summed E-state index contributed by atoms with van der Waals surface area (Å²) in [6, 6.07) is 20.6. The molecule has 3 aromatic rings. The van der Waals surface area contributed by atoms with E-state index in [1.807, 2.05) is 80.6 Å². The number of anilines is 1. The van der Waals surface area contributed by atoms with Crippen molar-refractivity contribution in [1.82, 2.24) is 0 Å². The summed E-state index contributed by atoms with van der Waals surface area (Å²) in [6.45, 7) is 4.32. The second-order valence-electron chi connectivity index (χ2n) is 7.29. The predicted octanol–water partition coefficient (Wildman–Crippen LogP) is 6.78. The first-order valence-corrected chi connectivity index (χ1v) is 10.9. The summed E-state index contributed by atoms with van der Waals surface area (Å²) < 4.78 is 5.79. The first kappa shape index (κ1) is 21.2. The van der Waals surface area contributed by atoms with Crippen molar-refractivity contribution in [3.05, 3.63) is 98.9 Å². The van der Waals surface area contributed by atoms with Crippen molar-refractivity contribution < 1.29 is 14.3 Å². The highest BCUT2D eigenvalue weighted by molar-refractivity contribution is 8.19. The number of carbonyl (C=O) groups excluding carboxylic acids is 2. The number of ether oxygens (including phenoxy) is 1. The smallest absolute Gasteiger partial charge is 0.298 e. The molecule has 156 valence electrons. The molecule has 3 aromatic carbocycles. The van der Waals surface area contributed by atoms with Crippen LogP contribution in [0.15, 0.2) is 71.6 Å². The van der Waals surface area contributed by atoms with E-state index in [1.165, 1.54) is 4.90 Å². The Kier molecular flexibility index (Phi) is 6.16. The van der Waals surface area contributed by atoms with Gasteiger partial charge in [-0.3, -0.25) is 9.59 Å². The molecule has 2 amide bonds. The maximum Gasteiger partial charge on any atom is 0.298 e. The summed E-state index contributed by atoms with van der Waals surface area (Å²) in [5.41, 5.74) is 4.45. The van der Waals surface area contributed by atoms with Crippen molar-refractivity contribution in [1.29, 1.82) is 0 Å². The Morgan fingerprint density at radius 1 is 0.968 bits per heavy atom. The van der Waals surface area contributed by atoms with Crippen LogP contribution in [-0.4, -0.2) is 11.1 Å². The molecule has 1 heterocycles. The van der Waals surface area contributed by atoms with E-state index in [9.17, 15) is 9.59 Å². The SMILES string of the molecule is Cc1ccc(N2C(=O)S/C(=C\c3ccc(OCc4ccc(Cl)cc4)cc3)C2=O)c(C)c1. The zero-order valence-corrected chi connectivity index (χ0v) is 18.7. The molecule has 1 aliphatic rings. The lowest BCUT2D eigenvalue weighted by Crippen LogP contribution is -2.28. The average Bonchev–Trinajstić information content (AvgIpc) is 3.02. The minimum Gasteiger partial charge on any atom is -0.489 e. The minimum atomic E-state index is -0.301. The second-order valence-corrected chi connectivity index (χ2v) is 8.72. The normalized spacial score (nSPS) is 15.1. The first-order valence-electron chi connectivity index (χ1n) is 9.73. The Labute approximate surface area is 190 Å². The molecule has 1 fully saturated rings. The van der Waals surface area contributed by atoms with Gasteiger partial charge in [0.25, 0.3) is 11.1 Å². The quantitative estimate of drug-likeness (QED) is 0.403. The van der Waals surface area contributed by atoms with Crippen molar-refractivity contribution in [3.63, 3.8) is 0 Å². The third kappa shape index (κ3) is 4.84. The lowest BCUT2D eigenvalue weighted by Gasteiger charge is -2.15. The molecule has 0 atom stereocenters. The van der Waals surface area contributed by atoms with Crippen LogP contribution in [0.1, 0.15) is 22.3 Å². The Hall–Kier alpha value is -3.02. The van der Waals surface area contributed by atoms with E-state index in [0.717, 1.165) is 39.8 Å². The van der Waals surface area contributed by atoms with E-state index < -0.39 is 0 Å². The number of rotatable bonds is 5. The van der Waals surface area contributed by atoms with Gasteiger partial charge in [0.2, 0.25) is 0 Å². The summed E-state index contributed by atoms with van der Waals surface area (Å²) in [7, 11) is 0. The number of carbonyl (C=O) groups is 2. The van der Waals surface area contributed by atoms with Gasteiger partial charge < -0.3 is 4.74 Å². The molecule has 0 aliphatic carbocycles. The first-order chi connectivity index (χ1) is 14.9. The third-order valence-corrected chi connectivity index (χ3v) is 6.01. The van der Waals surface area contributed by atoms with Gasteiger partial charge in [0.15, 0.2) is 0 Å².